The lowest BCUT2D eigenvalue weighted by Crippen LogP contribution is -2.06. The Labute approximate surface area is 113 Å². The average molecular weight is 271 g/mol. The van der Waals surface area contributed by atoms with Gasteiger partial charge in [0.1, 0.15) is 17.5 Å². The molecule has 0 aliphatic rings. The normalized spacial score (nSPS) is 10.8. The fraction of sp³-hybridized carbons (Fsp3) is 0.167. The third-order valence-corrected chi connectivity index (χ3v) is 2.93. The van der Waals surface area contributed by atoms with Crippen LogP contribution in [0.4, 0.5) is 5.82 Å². The molecule has 8 nitrogen and oxygen atoms in total. The molecule has 102 valence electrons. The molecule has 0 amide bonds. The number of hydrogen-bond donors (Lipinski definition) is 3. The standard InChI is InChI=1S/C12H13N7O/c13-10-8(2-1-4-14-10)11-15-5-7-19(11)6-3-9-16-12(20)18-17-9/h1-2,4-5,7H,3,6H2,(H2,13,14)(H2,16,17,18,20). The van der Waals surface area contributed by atoms with Crippen molar-refractivity contribution >= 4 is 5.82 Å². The van der Waals surface area contributed by atoms with E-state index in [0.717, 1.165) is 11.4 Å². The van der Waals surface area contributed by atoms with Crippen LogP contribution in [0.1, 0.15) is 5.82 Å². The molecule has 0 fully saturated rings. The lowest BCUT2D eigenvalue weighted by Gasteiger charge is -2.08. The third-order valence-electron chi connectivity index (χ3n) is 2.93. The topological polar surface area (TPSA) is 118 Å². The molecule has 3 aromatic heterocycles. The summed E-state index contributed by atoms with van der Waals surface area (Å²) in [6.07, 6.45) is 5.78. The van der Waals surface area contributed by atoms with Gasteiger partial charge >= 0.3 is 5.69 Å². The van der Waals surface area contributed by atoms with E-state index in [1.165, 1.54) is 0 Å². The second-order valence-electron chi connectivity index (χ2n) is 4.25. The number of hydrogen-bond acceptors (Lipinski definition) is 5. The number of rotatable bonds is 4. The number of aromatic amines is 2. The molecule has 0 unspecified atom stereocenters. The van der Waals surface area contributed by atoms with E-state index in [4.69, 9.17) is 5.73 Å². The monoisotopic (exact) mass is 271 g/mol. The highest BCUT2D eigenvalue weighted by Gasteiger charge is 2.10. The Morgan fingerprint density at radius 2 is 2.20 bits per heavy atom. The Morgan fingerprint density at radius 3 is 2.95 bits per heavy atom. The van der Waals surface area contributed by atoms with Crippen LogP contribution in [-0.4, -0.2) is 29.7 Å². The van der Waals surface area contributed by atoms with Crippen LogP contribution in [0.15, 0.2) is 35.5 Å². The molecule has 0 atom stereocenters. The van der Waals surface area contributed by atoms with Crippen LogP contribution in [0.2, 0.25) is 0 Å². The largest absolute Gasteiger partial charge is 0.383 e. The van der Waals surface area contributed by atoms with Gasteiger partial charge in [0.2, 0.25) is 0 Å². The first-order valence-electron chi connectivity index (χ1n) is 6.09. The molecule has 3 rings (SSSR count). The Morgan fingerprint density at radius 1 is 1.30 bits per heavy atom. The lowest BCUT2D eigenvalue weighted by atomic mass is 10.2. The van der Waals surface area contributed by atoms with Crippen molar-refractivity contribution in [2.75, 3.05) is 5.73 Å². The number of imidazole rings is 1. The minimum absolute atomic E-state index is 0.303. The van der Waals surface area contributed by atoms with Crippen molar-refractivity contribution in [3.05, 3.63) is 47.0 Å². The van der Waals surface area contributed by atoms with Gasteiger partial charge in [-0.1, -0.05) is 0 Å². The number of aryl methyl sites for hydroxylation is 2. The Bertz CT molecular complexity index is 770. The number of pyridine rings is 1. The molecule has 0 spiro atoms. The SMILES string of the molecule is Nc1ncccc1-c1nccn1CCc1n[nH]c(=O)[nH]1. The van der Waals surface area contributed by atoms with Crippen LogP contribution in [0.25, 0.3) is 11.4 Å². The first-order valence-corrected chi connectivity index (χ1v) is 6.09. The first-order chi connectivity index (χ1) is 9.74. The maximum absolute atomic E-state index is 11.0. The number of aromatic nitrogens is 6. The van der Waals surface area contributed by atoms with E-state index in [1.807, 2.05) is 22.9 Å². The van der Waals surface area contributed by atoms with Gasteiger partial charge < -0.3 is 10.3 Å². The molecule has 0 aromatic carbocycles. The zero-order valence-corrected chi connectivity index (χ0v) is 10.6. The van der Waals surface area contributed by atoms with Gasteiger partial charge in [-0.3, -0.25) is 4.98 Å². The summed E-state index contributed by atoms with van der Waals surface area (Å²) >= 11 is 0. The second kappa shape index (κ2) is 5.00. The molecular weight excluding hydrogens is 258 g/mol. The van der Waals surface area contributed by atoms with Crippen molar-refractivity contribution in [3.8, 4) is 11.4 Å². The van der Waals surface area contributed by atoms with Gasteiger partial charge in [-0.2, -0.15) is 5.10 Å². The summed E-state index contributed by atoms with van der Waals surface area (Å²) in [5.41, 5.74) is 6.34. The van der Waals surface area contributed by atoms with Gasteiger partial charge in [0.25, 0.3) is 0 Å². The van der Waals surface area contributed by atoms with Gasteiger partial charge in [0.05, 0.1) is 5.56 Å². The van der Waals surface area contributed by atoms with Gasteiger partial charge in [-0.15, -0.1) is 0 Å². The van der Waals surface area contributed by atoms with E-state index in [0.29, 0.717) is 24.6 Å². The first kappa shape index (κ1) is 12.2. The van der Waals surface area contributed by atoms with Crippen molar-refractivity contribution in [1.29, 1.82) is 0 Å². The molecule has 0 saturated heterocycles. The molecule has 3 aromatic rings. The second-order valence-corrected chi connectivity index (χ2v) is 4.25. The Balaban J connectivity index is 1.84. The fourth-order valence-corrected chi connectivity index (χ4v) is 1.99. The van der Waals surface area contributed by atoms with E-state index >= 15 is 0 Å². The van der Waals surface area contributed by atoms with Crippen molar-refractivity contribution in [1.82, 2.24) is 29.7 Å². The van der Waals surface area contributed by atoms with Crippen molar-refractivity contribution in [2.24, 2.45) is 0 Å². The van der Waals surface area contributed by atoms with Crippen LogP contribution >= 0.6 is 0 Å². The van der Waals surface area contributed by atoms with E-state index < -0.39 is 0 Å². The molecule has 0 bridgehead atoms. The number of nitrogens with one attached hydrogen (secondary N) is 2. The summed E-state index contributed by atoms with van der Waals surface area (Å²) in [5.74, 6) is 1.79. The highest BCUT2D eigenvalue weighted by Crippen LogP contribution is 2.21. The maximum atomic E-state index is 11.0. The predicted molar refractivity (Wildman–Crippen MR) is 72.8 cm³/mol. The summed E-state index contributed by atoms with van der Waals surface area (Å²) in [5, 5.41) is 6.21. The fourth-order valence-electron chi connectivity index (χ4n) is 1.99. The van der Waals surface area contributed by atoms with Crippen LogP contribution in [0, 0.1) is 0 Å². The molecule has 0 aliphatic heterocycles. The molecule has 0 aliphatic carbocycles. The van der Waals surface area contributed by atoms with Crippen molar-refractivity contribution < 1.29 is 0 Å². The molecule has 3 heterocycles. The van der Waals surface area contributed by atoms with Gasteiger partial charge in [0.15, 0.2) is 0 Å². The minimum Gasteiger partial charge on any atom is -0.383 e. The van der Waals surface area contributed by atoms with Crippen LogP contribution < -0.4 is 11.4 Å². The van der Waals surface area contributed by atoms with Crippen LogP contribution in [0.5, 0.6) is 0 Å². The number of nitrogens with two attached hydrogens (primary N) is 1. The quantitative estimate of drug-likeness (QED) is 0.625. The van der Waals surface area contributed by atoms with Crippen LogP contribution in [0.3, 0.4) is 0 Å². The maximum Gasteiger partial charge on any atom is 0.340 e. The summed E-state index contributed by atoms with van der Waals surface area (Å²) in [4.78, 5) is 21.9. The van der Waals surface area contributed by atoms with Crippen LogP contribution in [-0.2, 0) is 13.0 Å². The Kier molecular flexibility index (Phi) is 3.04. The van der Waals surface area contributed by atoms with Gasteiger partial charge in [0, 0.05) is 31.6 Å². The molecule has 0 saturated carbocycles. The zero-order chi connectivity index (χ0) is 13.9. The van der Waals surface area contributed by atoms with E-state index in [2.05, 4.69) is 25.1 Å². The number of nitrogens with zero attached hydrogens (tertiary/aromatic N) is 4. The predicted octanol–water partition coefficient (Wildman–Crippen LogP) is 0.181. The molecular formula is C12H13N7O. The molecule has 0 radical (unpaired) electrons. The van der Waals surface area contributed by atoms with E-state index in [9.17, 15) is 4.79 Å². The summed E-state index contributed by atoms with van der Waals surface area (Å²) < 4.78 is 1.94. The third kappa shape index (κ3) is 2.30. The van der Waals surface area contributed by atoms with E-state index in [1.54, 1.807) is 12.4 Å². The highest BCUT2D eigenvalue weighted by atomic mass is 16.1. The number of anilines is 1. The minimum atomic E-state index is -0.303. The number of nitrogen functional groups attached to an aromatic ring is 1. The summed E-state index contributed by atoms with van der Waals surface area (Å²) in [7, 11) is 0. The van der Waals surface area contributed by atoms with E-state index in [-0.39, 0.29) is 5.69 Å². The van der Waals surface area contributed by atoms with Gasteiger partial charge in [-0.05, 0) is 12.1 Å². The average Bonchev–Trinajstić information content (AvgIpc) is 3.06. The lowest BCUT2D eigenvalue weighted by molar-refractivity contribution is 0.679. The van der Waals surface area contributed by atoms with Crippen molar-refractivity contribution in [2.45, 2.75) is 13.0 Å². The summed E-state index contributed by atoms with van der Waals surface area (Å²) in [6.45, 7) is 0.629. The summed E-state index contributed by atoms with van der Waals surface area (Å²) in [6, 6.07) is 3.69. The molecule has 8 heteroatoms. The van der Waals surface area contributed by atoms with Gasteiger partial charge in [-0.25, -0.2) is 19.9 Å². The Hall–Kier alpha value is -2.90. The molecule has 4 N–H and O–H groups in total. The number of H-pyrrole nitrogens is 2. The highest BCUT2D eigenvalue weighted by molar-refractivity contribution is 5.68. The smallest absolute Gasteiger partial charge is 0.340 e. The zero-order valence-electron chi connectivity index (χ0n) is 10.6. The van der Waals surface area contributed by atoms with Crippen molar-refractivity contribution in [3.63, 3.8) is 0 Å². The molecule has 20 heavy (non-hydrogen) atoms.